The fraction of sp³-hybridized carbons (Fsp3) is 0.278. The average molecular weight is 393 g/mol. The lowest BCUT2D eigenvalue weighted by Crippen LogP contribution is -2.15. The first-order valence-corrected chi connectivity index (χ1v) is 10.1. The Morgan fingerprint density at radius 2 is 1.92 bits per heavy atom. The van der Waals surface area contributed by atoms with Gasteiger partial charge in [-0.15, -0.1) is 0 Å². The van der Waals surface area contributed by atoms with Gasteiger partial charge in [0.15, 0.2) is 0 Å². The number of aryl methyl sites for hydroxylation is 2. The average Bonchev–Trinajstić information content (AvgIpc) is 3.04. The van der Waals surface area contributed by atoms with E-state index in [0.29, 0.717) is 21.7 Å². The SMILES string of the molecule is COc1cc2c(cc1S(=O)(=O)Nc1onc3cccc(Cl)c13)CCCC2. The van der Waals surface area contributed by atoms with Crippen LogP contribution in [0.4, 0.5) is 5.88 Å². The summed E-state index contributed by atoms with van der Waals surface area (Å²) in [6, 6.07) is 8.57. The predicted octanol–water partition coefficient (Wildman–Crippen LogP) is 4.17. The van der Waals surface area contributed by atoms with E-state index in [9.17, 15) is 8.42 Å². The van der Waals surface area contributed by atoms with E-state index in [4.69, 9.17) is 20.9 Å². The molecule has 26 heavy (non-hydrogen) atoms. The lowest BCUT2D eigenvalue weighted by Gasteiger charge is -2.19. The van der Waals surface area contributed by atoms with E-state index in [0.717, 1.165) is 36.8 Å². The van der Waals surface area contributed by atoms with Crippen molar-refractivity contribution in [3.63, 3.8) is 0 Å². The standard InChI is InChI=1S/C18H17ClN2O4S/c1-24-15-9-11-5-2-3-6-12(11)10-16(15)26(22,23)21-18-17-13(19)7-4-8-14(17)20-25-18/h4,7-10,21H,2-3,5-6H2,1H3. The Morgan fingerprint density at radius 3 is 2.65 bits per heavy atom. The molecule has 0 saturated heterocycles. The third-order valence-corrected chi connectivity index (χ3v) is 6.27. The summed E-state index contributed by atoms with van der Waals surface area (Å²) in [7, 11) is -2.47. The van der Waals surface area contributed by atoms with Gasteiger partial charge in [0.1, 0.15) is 16.2 Å². The van der Waals surface area contributed by atoms with Crippen LogP contribution in [-0.4, -0.2) is 20.7 Å². The van der Waals surface area contributed by atoms with Crippen molar-refractivity contribution < 1.29 is 17.7 Å². The second-order valence-electron chi connectivity index (χ2n) is 6.23. The van der Waals surface area contributed by atoms with Crippen LogP contribution < -0.4 is 9.46 Å². The van der Waals surface area contributed by atoms with Crippen molar-refractivity contribution in [2.45, 2.75) is 30.6 Å². The van der Waals surface area contributed by atoms with Gasteiger partial charge in [0.2, 0.25) is 5.88 Å². The summed E-state index contributed by atoms with van der Waals surface area (Å²) in [6.45, 7) is 0. The molecule has 1 aromatic heterocycles. The van der Waals surface area contributed by atoms with Crippen molar-refractivity contribution in [3.8, 4) is 5.75 Å². The molecule has 1 aliphatic rings. The lowest BCUT2D eigenvalue weighted by molar-refractivity contribution is 0.401. The minimum absolute atomic E-state index is 0.00891. The molecule has 0 fully saturated rings. The zero-order chi connectivity index (χ0) is 18.3. The summed E-state index contributed by atoms with van der Waals surface area (Å²) in [6.07, 6.45) is 3.94. The molecule has 0 bridgehead atoms. The molecule has 6 nitrogen and oxygen atoms in total. The first-order valence-electron chi connectivity index (χ1n) is 8.26. The zero-order valence-corrected chi connectivity index (χ0v) is 15.7. The van der Waals surface area contributed by atoms with Crippen LogP contribution in [0, 0.1) is 0 Å². The molecule has 8 heteroatoms. The molecule has 1 N–H and O–H groups in total. The monoisotopic (exact) mass is 392 g/mol. The fourth-order valence-electron chi connectivity index (χ4n) is 3.31. The summed E-state index contributed by atoms with van der Waals surface area (Å²) in [4.78, 5) is 0.0808. The summed E-state index contributed by atoms with van der Waals surface area (Å²) in [5, 5.41) is 4.64. The maximum absolute atomic E-state index is 13.0. The van der Waals surface area contributed by atoms with Gasteiger partial charge >= 0.3 is 0 Å². The third kappa shape index (κ3) is 2.91. The van der Waals surface area contributed by atoms with Crippen LogP contribution in [0.25, 0.3) is 10.9 Å². The number of rotatable bonds is 4. The van der Waals surface area contributed by atoms with E-state index in [2.05, 4.69) is 9.88 Å². The molecule has 0 radical (unpaired) electrons. The predicted molar refractivity (Wildman–Crippen MR) is 99.5 cm³/mol. The lowest BCUT2D eigenvalue weighted by atomic mass is 9.92. The van der Waals surface area contributed by atoms with E-state index in [1.807, 2.05) is 6.07 Å². The number of hydrogen-bond acceptors (Lipinski definition) is 5. The minimum Gasteiger partial charge on any atom is -0.495 e. The van der Waals surface area contributed by atoms with Crippen molar-refractivity contribution in [2.24, 2.45) is 0 Å². The van der Waals surface area contributed by atoms with Crippen LogP contribution in [0.2, 0.25) is 5.02 Å². The normalized spacial score (nSPS) is 14.2. The number of methoxy groups -OCH3 is 1. The van der Waals surface area contributed by atoms with Crippen LogP contribution in [0.1, 0.15) is 24.0 Å². The quantitative estimate of drug-likeness (QED) is 0.720. The number of fused-ring (bicyclic) bond motifs is 2. The highest BCUT2D eigenvalue weighted by Crippen LogP contribution is 2.35. The number of sulfonamides is 1. The van der Waals surface area contributed by atoms with Crippen LogP contribution >= 0.6 is 11.6 Å². The van der Waals surface area contributed by atoms with Gasteiger partial charge in [-0.3, -0.25) is 0 Å². The number of hydrogen-bond donors (Lipinski definition) is 1. The van der Waals surface area contributed by atoms with E-state index < -0.39 is 10.0 Å². The Bertz CT molecular complexity index is 1090. The first-order chi connectivity index (χ1) is 12.5. The number of ether oxygens (including phenoxy) is 1. The fourth-order valence-corrected chi connectivity index (χ4v) is 4.76. The summed E-state index contributed by atoms with van der Waals surface area (Å²) in [5.74, 6) is 0.304. The van der Waals surface area contributed by atoms with Gasteiger partial charge in [-0.25, -0.2) is 13.1 Å². The number of aromatic nitrogens is 1. The number of halogens is 1. The van der Waals surface area contributed by atoms with Crippen LogP contribution in [-0.2, 0) is 22.9 Å². The van der Waals surface area contributed by atoms with E-state index in [-0.39, 0.29) is 10.8 Å². The smallest absolute Gasteiger partial charge is 0.267 e. The molecule has 0 amide bonds. The number of nitrogens with zero attached hydrogens (tertiary/aromatic N) is 1. The second kappa shape index (κ2) is 6.48. The van der Waals surface area contributed by atoms with Gasteiger partial charge in [0.25, 0.3) is 10.0 Å². The van der Waals surface area contributed by atoms with Gasteiger partial charge in [-0.05, 0) is 61.1 Å². The molecule has 3 aromatic rings. The number of benzene rings is 2. The molecular formula is C18H17ClN2O4S. The van der Waals surface area contributed by atoms with Crippen molar-refractivity contribution in [1.29, 1.82) is 0 Å². The maximum Gasteiger partial charge on any atom is 0.267 e. The zero-order valence-electron chi connectivity index (χ0n) is 14.1. The van der Waals surface area contributed by atoms with E-state index in [1.165, 1.54) is 7.11 Å². The summed E-state index contributed by atoms with van der Waals surface area (Å²) >= 11 is 6.17. The Balaban J connectivity index is 1.79. The van der Waals surface area contributed by atoms with Crippen LogP contribution in [0.3, 0.4) is 0 Å². The molecule has 0 aliphatic heterocycles. The molecule has 136 valence electrons. The molecule has 0 spiro atoms. The topological polar surface area (TPSA) is 81.4 Å². The number of nitrogens with one attached hydrogen (secondary N) is 1. The van der Waals surface area contributed by atoms with Gasteiger partial charge in [-0.2, -0.15) is 0 Å². The maximum atomic E-state index is 13.0. The van der Waals surface area contributed by atoms with E-state index in [1.54, 1.807) is 24.3 Å². The van der Waals surface area contributed by atoms with Gasteiger partial charge in [0.05, 0.1) is 17.5 Å². The highest BCUT2D eigenvalue weighted by molar-refractivity contribution is 7.92. The van der Waals surface area contributed by atoms with Crippen molar-refractivity contribution in [3.05, 3.63) is 46.5 Å². The third-order valence-electron chi connectivity index (χ3n) is 4.60. The Hall–Kier alpha value is -2.25. The molecule has 1 heterocycles. The highest BCUT2D eigenvalue weighted by Gasteiger charge is 2.26. The molecule has 0 unspecified atom stereocenters. The largest absolute Gasteiger partial charge is 0.495 e. The molecule has 4 rings (SSSR count). The van der Waals surface area contributed by atoms with Crippen molar-refractivity contribution in [2.75, 3.05) is 11.8 Å². The Morgan fingerprint density at radius 1 is 1.19 bits per heavy atom. The van der Waals surface area contributed by atoms with Crippen molar-refractivity contribution >= 4 is 38.4 Å². The molecule has 1 aliphatic carbocycles. The van der Waals surface area contributed by atoms with Crippen LogP contribution in [0.5, 0.6) is 5.75 Å². The Labute approximate surface area is 156 Å². The second-order valence-corrected chi connectivity index (χ2v) is 8.29. The Kier molecular flexibility index (Phi) is 4.28. The van der Waals surface area contributed by atoms with Gasteiger partial charge < -0.3 is 9.26 Å². The minimum atomic E-state index is -3.94. The molecular weight excluding hydrogens is 376 g/mol. The first kappa shape index (κ1) is 17.2. The molecule has 2 aromatic carbocycles. The summed E-state index contributed by atoms with van der Waals surface area (Å²) in [5.41, 5.74) is 2.66. The van der Waals surface area contributed by atoms with Gasteiger partial charge in [0, 0.05) is 0 Å². The van der Waals surface area contributed by atoms with Crippen molar-refractivity contribution in [1.82, 2.24) is 5.16 Å². The van der Waals surface area contributed by atoms with E-state index >= 15 is 0 Å². The van der Waals surface area contributed by atoms with Crippen LogP contribution in [0.15, 0.2) is 39.8 Å². The van der Waals surface area contributed by atoms with Gasteiger partial charge in [-0.1, -0.05) is 22.8 Å². The molecule has 0 atom stereocenters. The summed E-state index contributed by atoms with van der Waals surface area (Å²) < 4.78 is 39.0. The molecule has 0 saturated carbocycles. The highest BCUT2D eigenvalue weighted by atomic mass is 35.5. The number of anilines is 1.